The molecule has 3 nitrogen and oxygen atoms in total. The zero-order chi connectivity index (χ0) is 12.1. The first-order valence-electron chi connectivity index (χ1n) is 5.77. The Bertz CT molecular complexity index is 488. The van der Waals surface area contributed by atoms with Crippen molar-refractivity contribution in [2.24, 2.45) is 7.05 Å². The van der Waals surface area contributed by atoms with Crippen molar-refractivity contribution in [2.45, 2.75) is 19.3 Å². The molecule has 0 atom stereocenters. The normalized spacial score (nSPS) is 10.4. The lowest BCUT2D eigenvalue weighted by atomic mass is 10.1. The molecular formula is C14H16N2O. The standard InChI is InChI=1S/C14H16N2O/c1-16-10-9-15-14(16)8-7-13(17)11-12-5-3-2-4-6-12/h2-6,9-10H,7-8,11H2,1H3. The van der Waals surface area contributed by atoms with Gasteiger partial charge in [0.25, 0.3) is 0 Å². The monoisotopic (exact) mass is 228 g/mol. The number of nitrogens with zero attached hydrogens (tertiary/aromatic N) is 2. The second-order valence-electron chi connectivity index (χ2n) is 4.16. The molecule has 0 aliphatic carbocycles. The smallest absolute Gasteiger partial charge is 0.137 e. The van der Waals surface area contributed by atoms with Crippen molar-refractivity contribution in [3.8, 4) is 0 Å². The minimum atomic E-state index is 0.263. The average molecular weight is 228 g/mol. The molecule has 0 saturated carbocycles. The number of ketones is 1. The van der Waals surface area contributed by atoms with Crippen LogP contribution in [0, 0.1) is 0 Å². The van der Waals surface area contributed by atoms with Gasteiger partial charge in [0.2, 0.25) is 0 Å². The Hall–Kier alpha value is -1.90. The summed E-state index contributed by atoms with van der Waals surface area (Å²) in [6.45, 7) is 0. The van der Waals surface area contributed by atoms with Crippen LogP contribution >= 0.6 is 0 Å². The van der Waals surface area contributed by atoms with Gasteiger partial charge in [0, 0.05) is 38.7 Å². The maximum atomic E-state index is 11.8. The second kappa shape index (κ2) is 5.43. The average Bonchev–Trinajstić information content (AvgIpc) is 2.74. The quantitative estimate of drug-likeness (QED) is 0.786. The van der Waals surface area contributed by atoms with E-state index in [1.54, 1.807) is 6.20 Å². The largest absolute Gasteiger partial charge is 0.338 e. The number of carbonyl (C=O) groups is 1. The van der Waals surface area contributed by atoms with Crippen LogP contribution in [0.4, 0.5) is 0 Å². The summed E-state index contributed by atoms with van der Waals surface area (Å²) in [6.07, 6.45) is 5.45. The van der Waals surface area contributed by atoms with Crippen LogP contribution in [0.15, 0.2) is 42.7 Å². The maximum Gasteiger partial charge on any atom is 0.137 e. The number of Topliss-reactive ketones (excluding diaryl/α,β-unsaturated/α-hetero) is 1. The molecule has 0 amide bonds. The molecule has 1 aromatic carbocycles. The van der Waals surface area contributed by atoms with Gasteiger partial charge in [-0.25, -0.2) is 4.98 Å². The van der Waals surface area contributed by atoms with Crippen molar-refractivity contribution in [2.75, 3.05) is 0 Å². The summed E-state index contributed by atoms with van der Waals surface area (Å²) in [7, 11) is 1.95. The number of carbonyl (C=O) groups excluding carboxylic acids is 1. The van der Waals surface area contributed by atoms with Crippen LogP contribution in [0.2, 0.25) is 0 Å². The minimum Gasteiger partial charge on any atom is -0.338 e. The predicted molar refractivity (Wildman–Crippen MR) is 66.7 cm³/mol. The van der Waals surface area contributed by atoms with E-state index < -0.39 is 0 Å². The van der Waals surface area contributed by atoms with Crippen molar-refractivity contribution >= 4 is 5.78 Å². The van der Waals surface area contributed by atoms with Crippen molar-refractivity contribution in [3.05, 3.63) is 54.1 Å². The molecule has 0 N–H and O–H groups in total. The van der Waals surface area contributed by atoms with Gasteiger partial charge in [-0.3, -0.25) is 4.79 Å². The number of benzene rings is 1. The number of aromatic nitrogens is 2. The van der Waals surface area contributed by atoms with E-state index >= 15 is 0 Å². The van der Waals surface area contributed by atoms with Crippen LogP contribution in [0.25, 0.3) is 0 Å². The molecule has 2 rings (SSSR count). The molecule has 0 bridgehead atoms. The molecular weight excluding hydrogens is 212 g/mol. The van der Waals surface area contributed by atoms with E-state index in [-0.39, 0.29) is 5.78 Å². The molecule has 0 aliphatic heterocycles. The van der Waals surface area contributed by atoms with Gasteiger partial charge in [0.1, 0.15) is 11.6 Å². The summed E-state index contributed by atoms with van der Waals surface area (Å²) >= 11 is 0. The molecule has 0 saturated heterocycles. The summed E-state index contributed by atoms with van der Waals surface area (Å²) in [5.74, 6) is 1.23. The van der Waals surface area contributed by atoms with E-state index in [2.05, 4.69) is 4.98 Å². The molecule has 0 spiro atoms. The minimum absolute atomic E-state index is 0.263. The van der Waals surface area contributed by atoms with Crippen LogP contribution < -0.4 is 0 Å². The fourth-order valence-corrected chi connectivity index (χ4v) is 1.80. The van der Waals surface area contributed by atoms with Gasteiger partial charge >= 0.3 is 0 Å². The molecule has 2 aromatic rings. The van der Waals surface area contributed by atoms with Crippen LogP contribution in [-0.2, 0) is 24.7 Å². The molecule has 0 radical (unpaired) electrons. The number of aryl methyl sites for hydroxylation is 2. The topological polar surface area (TPSA) is 34.9 Å². The molecule has 88 valence electrons. The Morgan fingerprint density at radius 1 is 1.29 bits per heavy atom. The fourth-order valence-electron chi connectivity index (χ4n) is 1.80. The van der Waals surface area contributed by atoms with Crippen LogP contribution in [-0.4, -0.2) is 15.3 Å². The van der Waals surface area contributed by atoms with Gasteiger partial charge in [-0.1, -0.05) is 30.3 Å². The first kappa shape index (κ1) is 11.6. The van der Waals surface area contributed by atoms with E-state index in [0.717, 1.165) is 17.8 Å². The predicted octanol–water partition coefficient (Wildman–Crippen LogP) is 2.16. The highest BCUT2D eigenvalue weighted by molar-refractivity contribution is 5.80. The fraction of sp³-hybridized carbons (Fsp3) is 0.286. The zero-order valence-electron chi connectivity index (χ0n) is 9.97. The third-order valence-corrected chi connectivity index (χ3v) is 2.79. The number of hydrogen-bond acceptors (Lipinski definition) is 2. The molecule has 3 heteroatoms. The molecule has 0 fully saturated rings. The van der Waals surface area contributed by atoms with Crippen molar-refractivity contribution < 1.29 is 4.79 Å². The summed E-state index contributed by atoms with van der Waals surface area (Å²) in [5, 5.41) is 0. The third kappa shape index (κ3) is 3.28. The first-order valence-corrected chi connectivity index (χ1v) is 5.77. The molecule has 0 aliphatic rings. The lowest BCUT2D eigenvalue weighted by molar-refractivity contribution is -0.118. The zero-order valence-corrected chi connectivity index (χ0v) is 9.97. The summed E-state index contributed by atoms with van der Waals surface area (Å²) in [5.41, 5.74) is 1.08. The second-order valence-corrected chi connectivity index (χ2v) is 4.16. The summed E-state index contributed by atoms with van der Waals surface area (Å²) in [4.78, 5) is 16.0. The Balaban J connectivity index is 1.84. The lowest BCUT2D eigenvalue weighted by Gasteiger charge is -2.02. The van der Waals surface area contributed by atoms with Crippen LogP contribution in [0.5, 0.6) is 0 Å². The molecule has 1 aromatic heterocycles. The van der Waals surface area contributed by atoms with E-state index in [1.807, 2.05) is 48.1 Å². The lowest BCUT2D eigenvalue weighted by Crippen LogP contribution is -2.06. The highest BCUT2D eigenvalue weighted by Crippen LogP contribution is 2.05. The number of rotatable bonds is 5. The number of imidazole rings is 1. The highest BCUT2D eigenvalue weighted by Gasteiger charge is 2.06. The molecule has 0 unspecified atom stereocenters. The van der Waals surface area contributed by atoms with Gasteiger partial charge in [-0.2, -0.15) is 0 Å². The summed E-state index contributed by atoms with van der Waals surface area (Å²) in [6, 6.07) is 9.85. The van der Waals surface area contributed by atoms with Crippen molar-refractivity contribution in [3.63, 3.8) is 0 Å². The Labute approximate surface area is 101 Å². The van der Waals surface area contributed by atoms with Gasteiger partial charge in [-0.05, 0) is 5.56 Å². The summed E-state index contributed by atoms with van der Waals surface area (Å²) < 4.78 is 1.95. The van der Waals surface area contributed by atoms with Crippen molar-refractivity contribution in [1.29, 1.82) is 0 Å². The molecule has 1 heterocycles. The number of hydrogen-bond donors (Lipinski definition) is 0. The maximum absolute atomic E-state index is 11.8. The SMILES string of the molecule is Cn1ccnc1CCC(=O)Cc1ccccc1. The van der Waals surface area contributed by atoms with Crippen LogP contribution in [0.1, 0.15) is 17.8 Å². The molecule has 17 heavy (non-hydrogen) atoms. The Kier molecular flexibility index (Phi) is 3.70. The van der Waals surface area contributed by atoms with E-state index in [1.165, 1.54) is 0 Å². The van der Waals surface area contributed by atoms with E-state index in [9.17, 15) is 4.79 Å². The van der Waals surface area contributed by atoms with Gasteiger partial charge in [-0.15, -0.1) is 0 Å². The van der Waals surface area contributed by atoms with Gasteiger partial charge in [0.05, 0.1) is 0 Å². The van der Waals surface area contributed by atoms with Gasteiger partial charge in [0.15, 0.2) is 0 Å². The third-order valence-electron chi connectivity index (χ3n) is 2.79. The van der Waals surface area contributed by atoms with Crippen LogP contribution in [0.3, 0.4) is 0 Å². The highest BCUT2D eigenvalue weighted by atomic mass is 16.1. The van der Waals surface area contributed by atoms with Gasteiger partial charge < -0.3 is 4.57 Å². The Morgan fingerprint density at radius 3 is 2.71 bits per heavy atom. The first-order chi connectivity index (χ1) is 8.25. The van der Waals surface area contributed by atoms with E-state index in [4.69, 9.17) is 0 Å². The van der Waals surface area contributed by atoms with E-state index in [0.29, 0.717) is 12.8 Å². The van der Waals surface area contributed by atoms with Crippen molar-refractivity contribution in [1.82, 2.24) is 9.55 Å². The Morgan fingerprint density at radius 2 is 2.06 bits per heavy atom.